The highest BCUT2D eigenvalue weighted by atomic mass is 16.5. The molecule has 0 saturated carbocycles. The number of esters is 2. The van der Waals surface area contributed by atoms with Gasteiger partial charge in [0.1, 0.15) is 6.42 Å². The summed E-state index contributed by atoms with van der Waals surface area (Å²) in [6.07, 6.45) is 0.529. The first-order valence-corrected chi connectivity index (χ1v) is 6.94. The average molecular weight is 305 g/mol. The molecule has 1 aromatic carbocycles. The van der Waals surface area contributed by atoms with Crippen LogP contribution in [0.25, 0.3) is 10.9 Å². The van der Waals surface area contributed by atoms with Gasteiger partial charge >= 0.3 is 11.9 Å². The number of carbonyl (C=O) groups is 3. The van der Waals surface area contributed by atoms with E-state index < -0.39 is 11.9 Å². The Labute approximate surface area is 128 Å². The fourth-order valence-electron chi connectivity index (χ4n) is 1.70. The third-order valence-electron chi connectivity index (χ3n) is 2.58. The van der Waals surface area contributed by atoms with Gasteiger partial charge in [-0.05, 0) is 26.0 Å². The molecule has 0 atom stereocenters. The summed E-state index contributed by atoms with van der Waals surface area (Å²) in [5.41, 5.74) is 1.64. The molecule has 1 heterocycles. The number of para-hydroxylation sites is 1. The first-order chi connectivity index (χ1) is 10.6. The zero-order valence-corrected chi connectivity index (χ0v) is 12.6. The molecule has 0 radical (unpaired) electrons. The zero-order chi connectivity index (χ0) is 16.4. The molecule has 118 valence electrons. The molecule has 22 heavy (non-hydrogen) atoms. The van der Waals surface area contributed by atoms with Crippen molar-refractivity contribution in [3.8, 4) is 0 Å². The van der Waals surface area contributed by atoms with Crippen molar-refractivity contribution in [1.29, 1.82) is 0 Å². The second-order valence-electron chi connectivity index (χ2n) is 4.22. The minimum absolute atomic E-state index is 0.290. The molecule has 2 rings (SSSR count). The Morgan fingerprint density at radius 1 is 1.09 bits per heavy atom. The van der Waals surface area contributed by atoms with Crippen LogP contribution in [0.2, 0.25) is 0 Å². The summed E-state index contributed by atoms with van der Waals surface area (Å²) in [6.45, 7) is 3.95. The van der Waals surface area contributed by atoms with Crippen LogP contribution in [-0.4, -0.2) is 36.4 Å². The molecular formula is C16H19NO5. The van der Waals surface area contributed by atoms with Gasteiger partial charge in [0.05, 0.1) is 18.9 Å². The number of nitrogens with one attached hydrogen (secondary N) is 1. The van der Waals surface area contributed by atoms with Crippen LogP contribution in [-0.2, 0) is 19.1 Å². The van der Waals surface area contributed by atoms with Crippen LogP contribution < -0.4 is 0 Å². The number of carbonyl (C=O) groups excluding carboxylic acids is 3. The molecule has 0 aliphatic rings. The van der Waals surface area contributed by atoms with Gasteiger partial charge in [0.15, 0.2) is 6.29 Å². The lowest BCUT2D eigenvalue weighted by Crippen LogP contribution is -2.13. The molecule has 0 saturated heterocycles. The Morgan fingerprint density at radius 3 is 2.18 bits per heavy atom. The third-order valence-corrected chi connectivity index (χ3v) is 2.58. The monoisotopic (exact) mass is 305 g/mol. The van der Waals surface area contributed by atoms with E-state index in [4.69, 9.17) is 0 Å². The zero-order valence-electron chi connectivity index (χ0n) is 12.6. The SMILES string of the molecule is CCOC(=O)CC(=O)OCC.O=Cc1cc2ccccc2[nH]1. The Kier molecular flexibility index (Phi) is 7.39. The number of hydrogen-bond donors (Lipinski definition) is 1. The number of aromatic nitrogens is 1. The van der Waals surface area contributed by atoms with E-state index in [-0.39, 0.29) is 19.6 Å². The van der Waals surface area contributed by atoms with Gasteiger partial charge in [-0.2, -0.15) is 0 Å². The van der Waals surface area contributed by atoms with Gasteiger partial charge in [-0.1, -0.05) is 18.2 Å². The molecule has 0 spiro atoms. The topological polar surface area (TPSA) is 85.5 Å². The fraction of sp³-hybridized carbons (Fsp3) is 0.312. The molecular weight excluding hydrogens is 286 g/mol. The molecule has 1 aromatic heterocycles. The molecule has 0 bridgehead atoms. The normalized spacial score (nSPS) is 9.55. The highest BCUT2D eigenvalue weighted by Crippen LogP contribution is 2.12. The van der Waals surface area contributed by atoms with E-state index >= 15 is 0 Å². The smallest absolute Gasteiger partial charge is 0.317 e. The predicted octanol–water partition coefficient (Wildman–Crippen LogP) is 2.48. The summed E-state index contributed by atoms with van der Waals surface area (Å²) in [4.78, 5) is 34.5. The van der Waals surface area contributed by atoms with Crippen LogP contribution in [0, 0.1) is 0 Å². The van der Waals surface area contributed by atoms with Crippen molar-refractivity contribution in [1.82, 2.24) is 4.98 Å². The van der Waals surface area contributed by atoms with Crippen LogP contribution in [0.1, 0.15) is 30.8 Å². The fourth-order valence-corrected chi connectivity index (χ4v) is 1.70. The van der Waals surface area contributed by atoms with Gasteiger partial charge in [-0.25, -0.2) is 0 Å². The number of aromatic amines is 1. The van der Waals surface area contributed by atoms with Crippen molar-refractivity contribution >= 4 is 29.1 Å². The second kappa shape index (κ2) is 9.33. The van der Waals surface area contributed by atoms with E-state index in [1.54, 1.807) is 13.8 Å². The summed E-state index contributed by atoms with van der Waals surface area (Å²) in [7, 11) is 0. The van der Waals surface area contributed by atoms with Crippen LogP contribution in [0.15, 0.2) is 30.3 Å². The van der Waals surface area contributed by atoms with Crippen LogP contribution in [0.4, 0.5) is 0 Å². The van der Waals surface area contributed by atoms with E-state index in [1.807, 2.05) is 30.3 Å². The maximum Gasteiger partial charge on any atom is 0.317 e. The van der Waals surface area contributed by atoms with Crippen molar-refractivity contribution < 1.29 is 23.9 Å². The molecule has 0 aliphatic heterocycles. The van der Waals surface area contributed by atoms with E-state index in [1.165, 1.54) is 0 Å². The van der Waals surface area contributed by atoms with Gasteiger partial charge < -0.3 is 14.5 Å². The summed E-state index contributed by atoms with van der Waals surface area (Å²) in [6, 6.07) is 9.64. The first-order valence-electron chi connectivity index (χ1n) is 6.94. The Balaban J connectivity index is 0.000000220. The van der Waals surface area contributed by atoms with Crippen LogP contribution in [0.3, 0.4) is 0 Å². The van der Waals surface area contributed by atoms with Crippen molar-refractivity contribution in [2.24, 2.45) is 0 Å². The quantitative estimate of drug-likeness (QED) is 0.521. The lowest BCUT2D eigenvalue weighted by molar-refractivity contribution is -0.153. The van der Waals surface area contributed by atoms with E-state index in [9.17, 15) is 14.4 Å². The molecule has 6 nitrogen and oxygen atoms in total. The number of rotatable bonds is 5. The molecule has 0 fully saturated rings. The summed E-state index contributed by atoms with van der Waals surface area (Å²) in [5.74, 6) is -1.07. The number of aldehydes is 1. The van der Waals surface area contributed by atoms with E-state index in [2.05, 4.69) is 14.5 Å². The van der Waals surface area contributed by atoms with Gasteiger partial charge in [0.2, 0.25) is 0 Å². The molecule has 0 amide bonds. The van der Waals surface area contributed by atoms with Gasteiger partial charge in [-0.3, -0.25) is 14.4 Å². The lowest BCUT2D eigenvalue weighted by Gasteiger charge is -2.00. The number of fused-ring (bicyclic) bond motifs is 1. The molecule has 0 unspecified atom stereocenters. The third kappa shape index (κ3) is 5.78. The van der Waals surface area contributed by atoms with E-state index in [0.29, 0.717) is 5.69 Å². The predicted molar refractivity (Wildman–Crippen MR) is 81.6 cm³/mol. The summed E-state index contributed by atoms with van der Waals surface area (Å²) < 4.78 is 9.04. The Hall–Kier alpha value is -2.63. The Morgan fingerprint density at radius 2 is 1.68 bits per heavy atom. The Bertz CT molecular complexity index is 583. The van der Waals surface area contributed by atoms with Crippen molar-refractivity contribution in [2.45, 2.75) is 20.3 Å². The summed E-state index contributed by atoms with van der Waals surface area (Å²) >= 11 is 0. The maximum absolute atomic E-state index is 10.6. The minimum atomic E-state index is -0.536. The largest absolute Gasteiger partial charge is 0.466 e. The molecule has 1 N–H and O–H groups in total. The molecule has 2 aromatic rings. The molecule has 0 aliphatic carbocycles. The van der Waals surface area contributed by atoms with Crippen molar-refractivity contribution in [2.75, 3.05) is 13.2 Å². The van der Waals surface area contributed by atoms with Crippen molar-refractivity contribution in [3.63, 3.8) is 0 Å². The standard InChI is InChI=1S/C9H7NO.C7H12O4/c11-6-8-5-7-3-1-2-4-9(7)10-8;1-3-10-6(8)5-7(9)11-4-2/h1-6,10H;3-5H2,1-2H3. The lowest BCUT2D eigenvalue weighted by atomic mass is 10.2. The average Bonchev–Trinajstić information content (AvgIpc) is 2.91. The number of benzene rings is 1. The van der Waals surface area contributed by atoms with Crippen molar-refractivity contribution in [3.05, 3.63) is 36.0 Å². The summed E-state index contributed by atoms with van der Waals surface area (Å²) in [5, 5.41) is 1.08. The number of hydrogen-bond acceptors (Lipinski definition) is 5. The second-order valence-corrected chi connectivity index (χ2v) is 4.22. The van der Waals surface area contributed by atoms with Gasteiger partial charge in [0.25, 0.3) is 0 Å². The van der Waals surface area contributed by atoms with Gasteiger partial charge in [-0.15, -0.1) is 0 Å². The number of ether oxygens (including phenoxy) is 2. The minimum Gasteiger partial charge on any atom is -0.466 e. The highest BCUT2D eigenvalue weighted by molar-refractivity contribution is 5.91. The van der Waals surface area contributed by atoms with Gasteiger partial charge in [0, 0.05) is 10.9 Å². The van der Waals surface area contributed by atoms with E-state index in [0.717, 1.165) is 17.2 Å². The molecule has 6 heteroatoms. The highest BCUT2D eigenvalue weighted by Gasteiger charge is 2.09. The maximum atomic E-state index is 10.6. The number of H-pyrrole nitrogens is 1. The first kappa shape index (κ1) is 17.4. The van der Waals surface area contributed by atoms with Crippen LogP contribution >= 0.6 is 0 Å². The van der Waals surface area contributed by atoms with Crippen LogP contribution in [0.5, 0.6) is 0 Å².